The molecule has 6 nitrogen and oxygen atoms in total. The number of sulfone groups is 1. The van der Waals surface area contributed by atoms with Crippen LogP contribution in [-0.2, 0) is 9.84 Å². The van der Waals surface area contributed by atoms with Gasteiger partial charge >= 0.3 is 6.03 Å². The first-order valence-electron chi connectivity index (χ1n) is 7.95. The number of benzene rings is 1. The topological polar surface area (TPSA) is 69.7 Å². The standard InChI is InChI=1S/C16H24ClN3O3S/c1-19(2)9-3-10-20(15-8-11-24(22,23)12-15)16(21)18-14-6-4-13(17)5-7-14/h4-7,15H,3,8-12H2,1-2H3,(H,18,21)/t15-/m0/s1. The molecule has 134 valence electrons. The van der Waals surface area contributed by atoms with E-state index in [1.54, 1.807) is 29.2 Å². The molecule has 1 aromatic rings. The van der Waals surface area contributed by atoms with Crippen molar-refractivity contribution in [2.45, 2.75) is 18.9 Å². The third-order valence-electron chi connectivity index (χ3n) is 4.01. The highest BCUT2D eigenvalue weighted by Crippen LogP contribution is 2.20. The number of hydrogen-bond acceptors (Lipinski definition) is 4. The van der Waals surface area contributed by atoms with Crippen LogP contribution in [0.25, 0.3) is 0 Å². The van der Waals surface area contributed by atoms with Gasteiger partial charge in [0.05, 0.1) is 11.5 Å². The molecule has 1 aliphatic heterocycles. The van der Waals surface area contributed by atoms with Crippen LogP contribution in [-0.4, -0.2) is 69.0 Å². The quantitative estimate of drug-likeness (QED) is 0.830. The predicted octanol–water partition coefficient (Wildman–Crippen LogP) is 2.31. The first kappa shape index (κ1) is 19.0. The molecule has 8 heteroatoms. The summed E-state index contributed by atoms with van der Waals surface area (Å²) in [4.78, 5) is 16.3. The molecule has 0 unspecified atom stereocenters. The molecule has 1 heterocycles. The second-order valence-corrected chi connectivity index (χ2v) is 9.01. The number of anilines is 1. The lowest BCUT2D eigenvalue weighted by molar-refractivity contribution is 0.190. The summed E-state index contributed by atoms with van der Waals surface area (Å²) in [6.45, 7) is 1.36. The number of rotatable bonds is 6. The van der Waals surface area contributed by atoms with Crippen molar-refractivity contribution in [2.24, 2.45) is 0 Å². The highest BCUT2D eigenvalue weighted by Gasteiger charge is 2.34. The lowest BCUT2D eigenvalue weighted by atomic mass is 10.2. The molecule has 1 aromatic carbocycles. The summed E-state index contributed by atoms with van der Waals surface area (Å²) in [6, 6.07) is 6.33. The summed E-state index contributed by atoms with van der Waals surface area (Å²) in [5.41, 5.74) is 0.642. The second kappa shape index (κ2) is 8.18. The van der Waals surface area contributed by atoms with Crippen molar-refractivity contribution in [3.8, 4) is 0 Å². The molecule has 0 bridgehead atoms. The Hall–Kier alpha value is -1.31. The summed E-state index contributed by atoms with van der Waals surface area (Å²) in [5, 5.41) is 3.43. The van der Waals surface area contributed by atoms with Crippen LogP contribution in [0.1, 0.15) is 12.8 Å². The molecule has 0 saturated carbocycles. The maximum absolute atomic E-state index is 12.6. The Kier molecular flexibility index (Phi) is 6.48. The zero-order valence-corrected chi connectivity index (χ0v) is 15.6. The van der Waals surface area contributed by atoms with Crippen molar-refractivity contribution in [3.05, 3.63) is 29.3 Å². The molecule has 1 N–H and O–H groups in total. The number of carbonyl (C=O) groups excluding carboxylic acids is 1. The molecular formula is C16H24ClN3O3S. The van der Waals surface area contributed by atoms with Gasteiger partial charge in [-0.05, 0) is 57.7 Å². The summed E-state index contributed by atoms with van der Waals surface area (Å²) >= 11 is 5.85. The fourth-order valence-corrected chi connectivity index (χ4v) is 4.61. The molecule has 0 spiro atoms. The molecule has 0 aromatic heterocycles. The van der Waals surface area contributed by atoms with Crippen LogP contribution >= 0.6 is 11.6 Å². The minimum Gasteiger partial charge on any atom is -0.320 e. The zero-order chi connectivity index (χ0) is 17.7. The van der Waals surface area contributed by atoms with E-state index in [0.29, 0.717) is 23.7 Å². The first-order valence-corrected chi connectivity index (χ1v) is 10.1. The van der Waals surface area contributed by atoms with Gasteiger partial charge in [-0.25, -0.2) is 13.2 Å². The predicted molar refractivity (Wildman–Crippen MR) is 97.4 cm³/mol. The molecule has 1 fully saturated rings. The molecule has 2 amide bonds. The third-order valence-corrected chi connectivity index (χ3v) is 6.01. The Morgan fingerprint density at radius 1 is 1.25 bits per heavy atom. The molecule has 1 atom stereocenters. The minimum atomic E-state index is -3.04. The monoisotopic (exact) mass is 373 g/mol. The van der Waals surface area contributed by atoms with E-state index in [2.05, 4.69) is 5.32 Å². The molecule has 1 saturated heterocycles. The third kappa shape index (κ3) is 5.65. The van der Waals surface area contributed by atoms with Gasteiger partial charge < -0.3 is 15.1 Å². The van der Waals surface area contributed by atoms with E-state index < -0.39 is 9.84 Å². The van der Waals surface area contributed by atoms with Crippen molar-refractivity contribution >= 4 is 33.2 Å². The van der Waals surface area contributed by atoms with Gasteiger partial charge in [0, 0.05) is 23.3 Å². The lowest BCUT2D eigenvalue weighted by Crippen LogP contribution is -2.44. The van der Waals surface area contributed by atoms with E-state index in [1.165, 1.54) is 0 Å². The number of amides is 2. The normalized spacial score (nSPS) is 19.4. The Bertz CT molecular complexity index is 662. The van der Waals surface area contributed by atoms with Crippen molar-refractivity contribution in [1.29, 1.82) is 0 Å². The Labute approximate surface area is 148 Å². The van der Waals surface area contributed by atoms with Crippen molar-refractivity contribution in [2.75, 3.05) is 44.0 Å². The van der Waals surface area contributed by atoms with Gasteiger partial charge in [-0.1, -0.05) is 11.6 Å². The summed E-state index contributed by atoms with van der Waals surface area (Å²) in [6.07, 6.45) is 1.29. The van der Waals surface area contributed by atoms with Gasteiger partial charge in [0.2, 0.25) is 0 Å². The maximum Gasteiger partial charge on any atom is 0.322 e. The summed E-state index contributed by atoms with van der Waals surface area (Å²) in [7, 11) is 0.897. The Morgan fingerprint density at radius 3 is 2.46 bits per heavy atom. The van der Waals surface area contributed by atoms with Crippen LogP contribution in [0.5, 0.6) is 0 Å². The highest BCUT2D eigenvalue weighted by atomic mass is 35.5. The van der Waals surface area contributed by atoms with Crippen LogP contribution in [0.2, 0.25) is 5.02 Å². The summed E-state index contributed by atoms with van der Waals surface area (Å²) in [5.74, 6) is 0.194. The van der Waals surface area contributed by atoms with Crippen LogP contribution in [0.3, 0.4) is 0 Å². The van der Waals surface area contributed by atoms with Gasteiger partial charge in [-0.3, -0.25) is 0 Å². The maximum atomic E-state index is 12.6. The van der Waals surface area contributed by atoms with Crippen molar-refractivity contribution in [1.82, 2.24) is 9.80 Å². The number of nitrogens with zero attached hydrogens (tertiary/aromatic N) is 2. The van der Waals surface area contributed by atoms with Crippen LogP contribution in [0, 0.1) is 0 Å². The lowest BCUT2D eigenvalue weighted by Gasteiger charge is -2.29. The number of halogens is 1. The van der Waals surface area contributed by atoms with Crippen LogP contribution < -0.4 is 5.32 Å². The molecule has 0 aliphatic carbocycles. The molecule has 24 heavy (non-hydrogen) atoms. The molecule has 1 aliphatic rings. The average Bonchev–Trinajstić information content (AvgIpc) is 2.85. The molecule has 0 radical (unpaired) electrons. The van der Waals surface area contributed by atoms with E-state index >= 15 is 0 Å². The molecule has 2 rings (SSSR count). The van der Waals surface area contributed by atoms with E-state index in [4.69, 9.17) is 11.6 Å². The van der Waals surface area contributed by atoms with Gasteiger partial charge in [0.1, 0.15) is 0 Å². The fourth-order valence-electron chi connectivity index (χ4n) is 2.76. The Morgan fingerprint density at radius 2 is 1.92 bits per heavy atom. The van der Waals surface area contributed by atoms with Crippen LogP contribution in [0.4, 0.5) is 10.5 Å². The van der Waals surface area contributed by atoms with Crippen molar-refractivity contribution < 1.29 is 13.2 Å². The van der Waals surface area contributed by atoms with Gasteiger partial charge in [-0.15, -0.1) is 0 Å². The first-order chi connectivity index (χ1) is 11.3. The minimum absolute atomic E-state index is 0.0446. The SMILES string of the molecule is CN(C)CCCN(C(=O)Nc1ccc(Cl)cc1)[C@H]1CCS(=O)(=O)C1. The van der Waals surface area contributed by atoms with Gasteiger partial charge in [0.25, 0.3) is 0 Å². The van der Waals surface area contributed by atoms with Gasteiger partial charge in [-0.2, -0.15) is 0 Å². The number of carbonyl (C=O) groups is 1. The van der Waals surface area contributed by atoms with Gasteiger partial charge in [0.15, 0.2) is 9.84 Å². The number of nitrogens with one attached hydrogen (secondary N) is 1. The van der Waals surface area contributed by atoms with Crippen LogP contribution in [0.15, 0.2) is 24.3 Å². The highest BCUT2D eigenvalue weighted by molar-refractivity contribution is 7.91. The Balaban J connectivity index is 2.05. The van der Waals surface area contributed by atoms with E-state index in [9.17, 15) is 13.2 Å². The fraction of sp³-hybridized carbons (Fsp3) is 0.562. The van der Waals surface area contributed by atoms with E-state index in [1.807, 2.05) is 19.0 Å². The van der Waals surface area contributed by atoms with E-state index in [-0.39, 0.29) is 23.6 Å². The average molecular weight is 374 g/mol. The number of hydrogen-bond donors (Lipinski definition) is 1. The largest absolute Gasteiger partial charge is 0.322 e. The second-order valence-electron chi connectivity index (χ2n) is 6.34. The molecular weight excluding hydrogens is 350 g/mol. The smallest absolute Gasteiger partial charge is 0.320 e. The number of urea groups is 1. The van der Waals surface area contributed by atoms with E-state index in [0.717, 1.165) is 13.0 Å². The van der Waals surface area contributed by atoms with Crippen molar-refractivity contribution in [3.63, 3.8) is 0 Å². The summed E-state index contributed by atoms with van der Waals surface area (Å²) < 4.78 is 23.5. The zero-order valence-electron chi connectivity index (χ0n) is 14.0.